The Morgan fingerprint density at radius 2 is 1.81 bits per heavy atom. The minimum absolute atomic E-state index is 0.0123. The summed E-state index contributed by atoms with van der Waals surface area (Å²) in [4.78, 5) is 28.0. The summed E-state index contributed by atoms with van der Waals surface area (Å²) < 4.78 is 25.0. The molecule has 0 saturated heterocycles. The summed E-state index contributed by atoms with van der Waals surface area (Å²) in [7, 11) is 0. The molecule has 1 aromatic heterocycles. The first-order chi connectivity index (χ1) is 17.5. The molecule has 0 bridgehead atoms. The number of hydrogen-bond donors (Lipinski definition) is 1. The number of hydrogen-bond acceptors (Lipinski definition) is 6. The van der Waals surface area contributed by atoms with Gasteiger partial charge in [-0.25, -0.2) is 9.18 Å². The van der Waals surface area contributed by atoms with Crippen molar-refractivity contribution in [3.63, 3.8) is 0 Å². The minimum Gasteiger partial charge on any atom is -0.490 e. The van der Waals surface area contributed by atoms with Crippen LogP contribution in [0.5, 0.6) is 5.75 Å². The molecular weight excluding hydrogens is 477 g/mol. The minimum atomic E-state index is -0.624. The van der Waals surface area contributed by atoms with Crippen LogP contribution in [0.1, 0.15) is 42.0 Å². The SMILES string of the molecule is CC1=C(C(=O)OCCOc2ccccc2)[C@@H](c2ccc(F)cc2)C2=C(C[C@H](c3cccs3)CC2=O)N1. The van der Waals surface area contributed by atoms with Gasteiger partial charge in [-0.1, -0.05) is 36.4 Å². The van der Waals surface area contributed by atoms with Crippen molar-refractivity contribution < 1.29 is 23.5 Å². The first kappa shape index (κ1) is 24.0. The molecule has 2 heterocycles. The molecule has 0 saturated carbocycles. The Morgan fingerprint density at radius 1 is 1.03 bits per heavy atom. The van der Waals surface area contributed by atoms with Gasteiger partial charge in [-0.3, -0.25) is 4.79 Å². The average molecular weight is 504 g/mol. The fourth-order valence-electron chi connectivity index (χ4n) is 4.91. The quantitative estimate of drug-likeness (QED) is 0.323. The summed E-state index contributed by atoms with van der Waals surface area (Å²) in [5.41, 5.74) is 3.06. The monoisotopic (exact) mass is 503 g/mol. The number of carbonyl (C=O) groups is 2. The Kier molecular flexibility index (Phi) is 7.00. The molecule has 2 atom stereocenters. The molecule has 2 aromatic carbocycles. The van der Waals surface area contributed by atoms with E-state index in [4.69, 9.17) is 9.47 Å². The number of ketones is 1. The summed E-state index contributed by atoms with van der Waals surface area (Å²) in [6, 6.07) is 19.3. The molecule has 0 unspecified atom stereocenters. The first-order valence-electron chi connectivity index (χ1n) is 11.9. The van der Waals surface area contributed by atoms with Crippen LogP contribution in [0.25, 0.3) is 0 Å². The first-order valence-corrected chi connectivity index (χ1v) is 12.8. The lowest BCUT2D eigenvalue weighted by molar-refractivity contribution is -0.140. The molecule has 184 valence electrons. The summed E-state index contributed by atoms with van der Waals surface area (Å²) in [6.07, 6.45) is 1.04. The molecule has 7 heteroatoms. The molecule has 1 aliphatic heterocycles. The average Bonchev–Trinajstić information content (AvgIpc) is 3.42. The van der Waals surface area contributed by atoms with E-state index in [0.717, 1.165) is 5.70 Å². The number of dihydropyridines is 1. The number of rotatable bonds is 7. The predicted octanol–water partition coefficient (Wildman–Crippen LogP) is 5.87. The maximum absolute atomic E-state index is 13.7. The van der Waals surface area contributed by atoms with Crippen LogP contribution in [-0.4, -0.2) is 25.0 Å². The van der Waals surface area contributed by atoms with Crippen LogP contribution in [0, 0.1) is 5.82 Å². The molecule has 0 radical (unpaired) electrons. The van der Waals surface area contributed by atoms with E-state index in [1.165, 1.54) is 17.0 Å². The number of nitrogens with one attached hydrogen (secondary N) is 1. The van der Waals surface area contributed by atoms with Gasteiger partial charge in [-0.05, 0) is 54.6 Å². The number of halogens is 1. The Hall–Kier alpha value is -3.71. The van der Waals surface area contributed by atoms with Gasteiger partial charge >= 0.3 is 5.97 Å². The summed E-state index contributed by atoms with van der Waals surface area (Å²) in [5, 5.41) is 5.35. The Morgan fingerprint density at radius 3 is 2.53 bits per heavy atom. The highest BCUT2D eigenvalue weighted by molar-refractivity contribution is 7.10. The third-order valence-corrected chi connectivity index (χ3v) is 7.56. The van der Waals surface area contributed by atoms with Crippen LogP contribution in [0.4, 0.5) is 4.39 Å². The third-order valence-electron chi connectivity index (χ3n) is 6.52. The maximum atomic E-state index is 13.7. The van der Waals surface area contributed by atoms with Gasteiger partial charge in [0.2, 0.25) is 0 Å². The van der Waals surface area contributed by atoms with Gasteiger partial charge in [-0.15, -0.1) is 11.3 Å². The van der Waals surface area contributed by atoms with Crippen LogP contribution in [0.3, 0.4) is 0 Å². The fraction of sp³-hybridized carbons (Fsp3) is 0.241. The highest BCUT2D eigenvalue weighted by Crippen LogP contribution is 2.46. The predicted molar refractivity (Wildman–Crippen MR) is 136 cm³/mol. The van der Waals surface area contributed by atoms with Gasteiger partial charge in [0.05, 0.1) is 5.57 Å². The van der Waals surface area contributed by atoms with Crippen LogP contribution in [0.15, 0.2) is 94.7 Å². The fourth-order valence-corrected chi connectivity index (χ4v) is 5.74. The molecule has 3 aromatic rings. The van der Waals surface area contributed by atoms with E-state index in [1.54, 1.807) is 23.5 Å². The van der Waals surface area contributed by atoms with Crippen molar-refractivity contribution in [3.05, 3.63) is 111 Å². The van der Waals surface area contributed by atoms with Crippen LogP contribution >= 0.6 is 11.3 Å². The number of carbonyl (C=O) groups excluding carboxylic acids is 2. The molecule has 0 fully saturated rings. The highest BCUT2D eigenvalue weighted by Gasteiger charge is 2.41. The van der Waals surface area contributed by atoms with E-state index in [9.17, 15) is 14.0 Å². The van der Waals surface area contributed by atoms with Gasteiger partial charge < -0.3 is 14.8 Å². The third kappa shape index (κ3) is 4.97. The van der Waals surface area contributed by atoms with E-state index >= 15 is 0 Å². The highest BCUT2D eigenvalue weighted by atomic mass is 32.1. The molecule has 1 aliphatic carbocycles. The van der Waals surface area contributed by atoms with Crippen molar-refractivity contribution in [3.8, 4) is 5.75 Å². The smallest absolute Gasteiger partial charge is 0.336 e. The van der Waals surface area contributed by atoms with E-state index in [2.05, 4.69) is 11.4 Å². The van der Waals surface area contributed by atoms with Crippen molar-refractivity contribution in [2.24, 2.45) is 0 Å². The second-order valence-corrected chi connectivity index (χ2v) is 9.86. The van der Waals surface area contributed by atoms with Gasteiger partial charge in [0, 0.05) is 40.1 Å². The number of benzene rings is 2. The Labute approximate surface area is 213 Å². The number of para-hydroxylation sites is 1. The van der Waals surface area contributed by atoms with Crippen LogP contribution in [-0.2, 0) is 14.3 Å². The lowest BCUT2D eigenvalue weighted by atomic mass is 9.72. The maximum Gasteiger partial charge on any atom is 0.336 e. The molecule has 0 spiro atoms. The number of ether oxygens (including phenoxy) is 2. The number of thiophene rings is 1. The molecule has 5 rings (SSSR count). The zero-order chi connectivity index (χ0) is 25.1. The molecular formula is C29H26FNO4S. The second kappa shape index (κ2) is 10.5. The number of esters is 1. The van der Waals surface area contributed by atoms with E-state index in [0.29, 0.717) is 41.0 Å². The van der Waals surface area contributed by atoms with Gasteiger partial charge in [0.25, 0.3) is 0 Å². The van der Waals surface area contributed by atoms with Crippen molar-refractivity contribution in [1.29, 1.82) is 0 Å². The van der Waals surface area contributed by atoms with E-state index in [1.807, 2.05) is 48.7 Å². The molecule has 5 nitrogen and oxygen atoms in total. The second-order valence-electron chi connectivity index (χ2n) is 8.88. The molecule has 0 amide bonds. The van der Waals surface area contributed by atoms with Gasteiger partial charge in [-0.2, -0.15) is 0 Å². The van der Waals surface area contributed by atoms with E-state index < -0.39 is 11.9 Å². The van der Waals surface area contributed by atoms with E-state index in [-0.39, 0.29) is 30.7 Å². The lowest BCUT2D eigenvalue weighted by Gasteiger charge is -2.36. The Balaban J connectivity index is 1.40. The lowest BCUT2D eigenvalue weighted by Crippen LogP contribution is -2.36. The summed E-state index contributed by atoms with van der Waals surface area (Å²) in [5.74, 6) is -0.754. The molecule has 36 heavy (non-hydrogen) atoms. The van der Waals surface area contributed by atoms with Crippen LogP contribution in [0.2, 0.25) is 0 Å². The normalized spacial score (nSPS) is 19.6. The zero-order valence-electron chi connectivity index (χ0n) is 19.8. The van der Waals surface area contributed by atoms with Crippen LogP contribution < -0.4 is 10.1 Å². The van der Waals surface area contributed by atoms with Crippen molar-refractivity contribution >= 4 is 23.1 Å². The zero-order valence-corrected chi connectivity index (χ0v) is 20.6. The largest absolute Gasteiger partial charge is 0.490 e. The number of Topliss-reactive ketones (excluding diaryl/α,β-unsaturated/α-hetero) is 1. The topological polar surface area (TPSA) is 64.6 Å². The standard InChI is InChI=1S/C29H26FNO4S/c1-18-26(29(33)35-14-13-34-22-6-3-2-4-7-22)27(19-9-11-21(30)12-10-19)28-23(31-18)16-20(17-24(28)32)25-8-5-15-36-25/h2-12,15,20,27,31H,13-14,16-17H2,1H3/t20-,27+/m0/s1. The van der Waals surface area contributed by atoms with Crippen molar-refractivity contribution in [2.75, 3.05) is 13.2 Å². The van der Waals surface area contributed by atoms with Gasteiger partial charge in [0.1, 0.15) is 24.8 Å². The number of allylic oxidation sites excluding steroid dienone is 3. The van der Waals surface area contributed by atoms with Gasteiger partial charge in [0.15, 0.2) is 5.78 Å². The van der Waals surface area contributed by atoms with Crippen molar-refractivity contribution in [2.45, 2.75) is 31.6 Å². The summed E-state index contributed by atoms with van der Waals surface area (Å²) in [6.45, 7) is 2.07. The summed E-state index contributed by atoms with van der Waals surface area (Å²) >= 11 is 1.64. The van der Waals surface area contributed by atoms with Crippen molar-refractivity contribution in [1.82, 2.24) is 5.32 Å². The molecule has 2 aliphatic rings. The Bertz CT molecular complexity index is 1310. The molecule has 1 N–H and O–H groups in total.